The first-order valence-corrected chi connectivity index (χ1v) is 22.3. The van der Waals surface area contributed by atoms with E-state index in [1.165, 1.54) is 22.2 Å². The van der Waals surface area contributed by atoms with Crippen molar-refractivity contribution in [2.75, 3.05) is 59.1 Å². The van der Waals surface area contributed by atoms with Crippen molar-refractivity contribution in [3.8, 4) is 38.9 Å². The lowest BCUT2D eigenvalue weighted by Crippen LogP contribution is -2.47. The van der Waals surface area contributed by atoms with Crippen LogP contribution in [0.25, 0.3) is 27.1 Å². The van der Waals surface area contributed by atoms with Gasteiger partial charge in [-0.15, -0.1) is 11.3 Å². The third-order valence-corrected chi connectivity index (χ3v) is 13.3. The molecule has 1 N–H and O–H groups in total. The Labute approximate surface area is 373 Å². The Morgan fingerprint density at radius 1 is 0.951 bits per heavy atom. The van der Waals surface area contributed by atoms with Gasteiger partial charge in [-0.1, -0.05) is 66.0 Å². The molecular formula is C44H46Cl3N7O6S. The molecule has 17 heteroatoms. The highest BCUT2D eigenvalue weighted by Gasteiger charge is 2.31. The monoisotopic (exact) mass is 905 g/mol. The molecule has 0 saturated carbocycles. The highest BCUT2D eigenvalue weighted by Crippen LogP contribution is 2.49. The molecular weight excluding hydrogens is 861 g/mol. The normalized spacial score (nSPS) is 15.9. The van der Waals surface area contributed by atoms with E-state index in [0.29, 0.717) is 68.4 Å². The number of benzene rings is 2. The summed E-state index contributed by atoms with van der Waals surface area (Å²) in [4.78, 5) is 32.4. The first kappa shape index (κ1) is 43.1. The Hall–Kier alpha value is -4.54. The van der Waals surface area contributed by atoms with Gasteiger partial charge in [-0.05, 0) is 73.3 Å². The lowest BCUT2D eigenvalue weighted by atomic mass is 9.97. The summed E-state index contributed by atoms with van der Waals surface area (Å²) in [6, 6.07) is 16.5. The van der Waals surface area contributed by atoms with Crippen molar-refractivity contribution in [2.45, 2.75) is 51.7 Å². The molecule has 1 atom stereocenters. The van der Waals surface area contributed by atoms with Gasteiger partial charge in [0.15, 0.2) is 0 Å². The number of likely N-dealkylation sites (N-methyl/N-ethyl adjacent to an activating group) is 1. The summed E-state index contributed by atoms with van der Waals surface area (Å²) < 4.78 is 26.5. The molecule has 61 heavy (non-hydrogen) atoms. The number of hydrogen-bond acceptors (Lipinski definition) is 12. The summed E-state index contributed by atoms with van der Waals surface area (Å²) in [6.07, 6.45) is 3.35. The molecule has 13 nitrogen and oxygen atoms in total. The standard InChI is InChI=1S/C44H46Cl3N7O6S/c1-3-52-16-18-53(19-17-52)20-23-58-33-9-8-31(27(2)39(33)46)37-38(35-10-11-36(45)61-35)41(47)54-40(37)43(49-26-50-54)60-34(44(55)56)24-29-6-4-5-7-32(29)59-25-30-12-15-48-42(51-30)28-13-21-57-22-14-28/h4-12,15,26,28,34H,3,13-14,16-25H2,1-2H3,(H,55,56)/t34-/m1/s1. The van der Waals surface area contributed by atoms with Gasteiger partial charge in [0.1, 0.15) is 47.5 Å². The molecule has 0 amide bonds. The third-order valence-electron chi connectivity index (χ3n) is 11.3. The fourth-order valence-corrected chi connectivity index (χ4v) is 9.53. The number of para-hydroxylation sites is 1. The van der Waals surface area contributed by atoms with Gasteiger partial charge in [-0.25, -0.2) is 19.3 Å². The zero-order valence-electron chi connectivity index (χ0n) is 33.9. The van der Waals surface area contributed by atoms with Crippen LogP contribution in [0.5, 0.6) is 17.4 Å². The average Bonchev–Trinajstić information content (AvgIpc) is 3.85. The van der Waals surface area contributed by atoms with E-state index in [1.54, 1.807) is 18.3 Å². The van der Waals surface area contributed by atoms with Crippen molar-refractivity contribution in [2.24, 2.45) is 0 Å². The van der Waals surface area contributed by atoms with Gasteiger partial charge in [-0.2, -0.15) is 10.1 Å². The van der Waals surface area contributed by atoms with Crippen LogP contribution in [0.15, 0.2) is 67.1 Å². The second kappa shape index (κ2) is 19.7. The number of carboxylic acids is 1. The number of aliphatic carboxylic acids is 1. The van der Waals surface area contributed by atoms with Crippen LogP contribution in [0.4, 0.5) is 0 Å². The molecule has 6 heterocycles. The van der Waals surface area contributed by atoms with E-state index in [2.05, 4.69) is 31.8 Å². The van der Waals surface area contributed by atoms with Gasteiger partial charge in [0.2, 0.25) is 12.0 Å². The van der Waals surface area contributed by atoms with Gasteiger partial charge < -0.3 is 29.0 Å². The first-order chi connectivity index (χ1) is 29.7. The van der Waals surface area contributed by atoms with Crippen molar-refractivity contribution in [1.29, 1.82) is 0 Å². The van der Waals surface area contributed by atoms with E-state index in [0.717, 1.165) is 74.1 Å². The van der Waals surface area contributed by atoms with Crippen LogP contribution < -0.4 is 14.2 Å². The Bertz CT molecular complexity index is 2490. The van der Waals surface area contributed by atoms with E-state index in [9.17, 15) is 9.90 Å². The van der Waals surface area contributed by atoms with Crippen molar-refractivity contribution in [3.63, 3.8) is 0 Å². The molecule has 0 unspecified atom stereocenters. The number of carboxylic acid groups (broad SMARTS) is 1. The first-order valence-electron chi connectivity index (χ1n) is 20.4. The fraction of sp³-hybridized carbons (Fsp3) is 0.386. The van der Waals surface area contributed by atoms with Crippen LogP contribution in [0.1, 0.15) is 48.3 Å². The SMILES string of the molecule is CCN1CCN(CCOc2ccc(-c3c(-c4ccc(Cl)s4)c(Cl)n4ncnc(O[C@H](Cc5ccccc5OCc5ccnc(C6CCOCC6)n5)C(=O)O)c34)c(C)c2Cl)CC1. The fourth-order valence-electron chi connectivity index (χ4n) is 7.83. The zero-order valence-corrected chi connectivity index (χ0v) is 36.9. The molecule has 6 aromatic rings. The average molecular weight is 907 g/mol. The maximum Gasteiger partial charge on any atom is 0.345 e. The summed E-state index contributed by atoms with van der Waals surface area (Å²) in [7, 11) is 0. The van der Waals surface area contributed by atoms with E-state index in [4.69, 9.17) is 58.7 Å². The van der Waals surface area contributed by atoms with Crippen molar-refractivity contribution in [1.82, 2.24) is 34.4 Å². The van der Waals surface area contributed by atoms with Crippen LogP contribution in [-0.2, 0) is 22.6 Å². The van der Waals surface area contributed by atoms with Crippen LogP contribution in [0.3, 0.4) is 0 Å². The second-order valence-electron chi connectivity index (χ2n) is 15.0. The van der Waals surface area contributed by atoms with E-state index >= 15 is 0 Å². The summed E-state index contributed by atoms with van der Waals surface area (Å²) in [5.74, 6) is 0.903. The van der Waals surface area contributed by atoms with Crippen LogP contribution in [-0.4, -0.2) is 111 Å². The van der Waals surface area contributed by atoms with Crippen LogP contribution in [0.2, 0.25) is 14.5 Å². The molecule has 0 bridgehead atoms. The van der Waals surface area contributed by atoms with Gasteiger partial charge in [-0.3, -0.25) is 4.90 Å². The topological polar surface area (TPSA) is 137 Å². The minimum Gasteiger partial charge on any atom is -0.491 e. The predicted molar refractivity (Wildman–Crippen MR) is 237 cm³/mol. The lowest BCUT2D eigenvalue weighted by molar-refractivity contribution is -0.145. The molecule has 8 rings (SSSR count). The lowest BCUT2D eigenvalue weighted by Gasteiger charge is -2.33. The molecule has 2 fully saturated rings. The zero-order chi connectivity index (χ0) is 42.5. The molecule has 4 aromatic heterocycles. The smallest absolute Gasteiger partial charge is 0.345 e. The minimum absolute atomic E-state index is 0.0206. The minimum atomic E-state index is -1.38. The Balaban J connectivity index is 1.08. The molecule has 320 valence electrons. The van der Waals surface area contributed by atoms with Gasteiger partial charge in [0.25, 0.3) is 0 Å². The summed E-state index contributed by atoms with van der Waals surface area (Å²) in [5.41, 5.74) is 4.39. The maximum absolute atomic E-state index is 13.0. The number of carbonyl (C=O) groups is 1. The van der Waals surface area contributed by atoms with E-state index in [-0.39, 0.29) is 30.0 Å². The maximum atomic E-state index is 13.0. The number of aromatic nitrogens is 5. The Morgan fingerprint density at radius 2 is 1.74 bits per heavy atom. The third kappa shape index (κ3) is 9.76. The summed E-state index contributed by atoms with van der Waals surface area (Å²) >= 11 is 22.1. The second-order valence-corrected chi connectivity index (χ2v) is 17.4. The number of ether oxygens (including phenoxy) is 4. The number of piperazine rings is 1. The number of thiophene rings is 1. The van der Waals surface area contributed by atoms with Crippen molar-refractivity contribution >= 4 is 57.6 Å². The highest BCUT2D eigenvalue weighted by molar-refractivity contribution is 7.19. The number of halogens is 3. The van der Waals surface area contributed by atoms with Gasteiger partial charge >= 0.3 is 5.97 Å². The van der Waals surface area contributed by atoms with Crippen molar-refractivity contribution < 1.29 is 28.8 Å². The van der Waals surface area contributed by atoms with E-state index < -0.39 is 12.1 Å². The molecule has 2 saturated heterocycles. The quantitative estimate of drug-likeness (QED) is 0.0995. The number of hydrogen-bond donors (Lipinski definition) is 1. The molecule has 0 aliphatic carbocycles. The molecule has 2 aliphatic rings. The largest absolute Gasteiger partial charge is 0.491 e. The number of rotatable bonds is 16. The molecule has 0 radical (unpaired) electrons. The summed E-state index contributed by atoms with van der Waals surface area (Å²) in [5, 5.41) is 15.8. The number of fused-ring (bicyclic) bond motifs is 1. The van der Waals surface area contributed by atoms with Crippen molar-refractivity contribution in [3.05, 3.63) is 104 Å². The Kier molecular flexibility index (Phi) is 13.9. The predicted octanol–water partition coefficient (Wildman–Crippen LogP) is 8.75. The van der Waals surface area contributed by atoms with Gasteiger partial charge in [0, 0.05) is 80.5 Å². The van der Waals surface area contributed by atoms with Crippen LogP contribution >= 0.6 is 46.1 Å². The van der Waals surface area contributed by atoms with Crippen LogP contribution in [0, 0.1) is 6.92 Å². The Morgan fingerprint density at radius 3 is 2.49 bits per heavy atom. The number of nitrogens with zero attached hydrogens (tertiary/aromatic N) is 7. The highest BCUT2D eigenvalue weighted by atomic mass is 35.5. The van der Waals surface area contributed by atoms with Gasteiger partial charge in [0.05, 0.1) is 15.1 Å². The molecule has 2 aromatic carbocycles. The molecule has 2 aliphatic heterocycles. The van der Waals surface area contributed by atoms with E-state index in [1.807, 2.05) is 49.4 Å². The molecule has 0 spiro atoms. The summed E-state index contributed by atoms with van der Waals surface area (Å²) in [6.45, 7) is 12.1.